The Bertz CT molecular complexity index is 751. The number of nitrogens with one attached hydrogen (secondary N) is 1. The van der Waals surface area contributed by atoms with Crippen LogP contribution in [0.3, 0.4) is 0 Å². The summed E-state index contributed by atoms with van der Waals surface area (Å²) in [4.78, 5) is 29.9. The minimum absolute atomic E-state index is 0.0114. The zero-order valence-electron chi connectivity index (χ0n) is 15.3. The van der Waals surface area contributed by atoms with Gasteiger partial charge in [-0.25, -0.2) is 0 Å². The maximum Gasteiger partial charge on any atom is 0.223 e. The molecular weight excluding hydrogens is 326 g/mol. The first kappa shape index (κ1) is 18.1. The number of hydrogen-bond acceptors (Lipinski definition) is 3. The van der Waals surface area contributed by atoms with Crippen molar-refractivity contribution >= 4 is 11.8 Å². The van der Waals surface area contributed by atoms with E-state index in [1.54, 1.807) is 13.1 Å². The Balaban J connectivity index is 1.57. The van der Waals surface area contributed by atoms with E-state index in [1.165, 1.54) is 0 Å². The zero-order valence-corrected chi connectivity index (χ0v) is 15.3. The molecule has 136 valence electrons. The van der Waals surface area contributed by atoms with Crippen molar-refractivity contribution in [2.45, 2.75) is 32.7 Å². The van der Waals surface area contributed by atoms with Crippen molar-refractivity contribution in [2.24, 2.45) is 5.92 Å². The first-order valence-corrected chi connectivity index (χ1v) is 9.11. The van der Waals surface area contributed by atoms with E-state index in [0.717, 1.165) is 29.5 Å². The number of amides is 2. The second-order valence-electron chi connectivity index (χ2n) is 6.87. The van der Waals surface area contributed by atoms with Crippen LogP contribution in [0.4, 0.5) is 0 Å². The molecule has 1 fully saturated rings. The first-order valence-electron chi connectivity index (χ1n) is 9.11. The van der Waals surface area contributed by atoms with Crippen LogP contribution in [0, 0.1) is 5.92 Å². The van der Waals surface area contributed by atoms with Crippen molar-refractivity contribution in [1.82, 2.24) is 15.2 Å². The van der Waals surface area contributed by atoms with Crippen LogP contribution in [0.15, 0.2) is 48.8 Å². The van der Waals surface area contributed by atoms with Gasteiger partial charge in [0.2, 0.25) is 11.8 Å². The number of likely N-dealkylation sites (tertiary alicyclic amines) is 1. The topological polar surface area (TPSA) is 62.3 Å². The monoisotopic (exact) mass is 351 g/mol. The average molecular weight is 351 g/mol. The van der Waals surface area contributed by atoms with Gasteiger partial charge in [-0.2, -0.15) is 0 Å². The third-order valence-electron chi connectivity index (χ3n) is 5.08. The summed E-state index contributed by atoms with van der Waals surface area (Å²) in [5.41, 5.74) is 3.26. The van der Waals surface area contributed by atoms with Gasteiger partial charge in [-0.1, -0.05) is 30.3 Å². The lowest BCUT2D eigenvalue weighted by Crippen LogP contribution is -2.42. The minimum Gasteiger partial charge on any atom is -0.349 e. The van der Waals surface area contributed by atoms with Gasteiger partial charge in [-0.05, 0) is 42.5 Å². The Labute approximate surface area is 154 Å². The van der Waals surface area contributed by atoms with Crippen LogP contribution in [0.25, 0.3) is 11.1 Å². The molecule has 2 aromatic rings. The Morgan fingerprint density at radius 3 is 2.38 bits per heavy atom. The Morgan fingerprint density at radius 1 is 1.12 bits per heavy atom. The van der Waals surface area contributed by atoms with Gasteiger partial charge in [0.25, 0.3) is 0 Å². The molecule has 3 rings (SSSR count). The molecule has 1 aliphatic rings. The molecule has 1 atom stereocenters. The molecule has 1 aromatic heterocycles. The summed E-state index contributed by atoms with van der Waals surface area (Å²) in [6.45, 7) is 4.92. The summed E-state index contributed by atoms with van der Waals surface area (Å²) in [5.74, 6) is 0.158. The number of hydrogen-bond donors (Lipinski definition) is 1. The molecule has 0 aliphatic carbocycles. The number of pyridine rings is 1. The summed E-state index contributed by atoms with van der Waals surface area (Å²) in [6.07, 6.45) is 5.07. The first-order chi connectivity index (χ1) is 12.5. The van der Waals surface area contributed by atoms with Crippen LogP contribution in [0.2, 0.25) is 0 Å². The fraction of sp³-hybridized carbons (Fsp3) is 0.381. The molecule has 2 amide bonds. The lowest BCUT2D eigenvalue weighted by Gasteiger charge is -2.31. The summed E-state index contributed by atoms with van der Waals surface area (Å²) in [5, 5.41) is 3.11. The third-order valence-corrected chi connectivity index (χ3v) is 5.08. The molecule has 1 saturated heterocycles. The van der Waals surface area contributed by atoms with E-state index >= 15 is 0 Å². The molecule has 2 heterocycles. The normalized spacial score (nSPS) is 16.2. The van der Waals surface area contributed by atoms with Crippen LogP contribution >= 0.6 is 0 Å². The molecule has 5 nitrogen and oxygen atoms in total. The van der Waals surface area contributed by atoms with E-state index in [9.17, 15) is 9.59 Å². The Kier molecular flexibility index (Phi) is 5.66. The fourth-order valence-electron chi connectivity index (χ4n) is 3.37. The Hall–Kier alpha value is -2.69. The molecule has 0 radical (unpaired) electrons. The molecular formula is C21H25N3O2. The van der Waals surface area contributed by atoms with Gasteiger partial charge in [0.05, 0.1) is 6.04 Å². The van der Waals surface area contributed by atoms with E-state index in [0.29, 0.717) is 13.1 Å². The highest BCUT2D eigenvalue weighted by Crippen LogP contribution is 2.23. The van der Waals surface area contributed by atoms with E-state index in [4.69, 9.17) is 0 Å². The largest absolute Gasteiger partial charge is 0.349 e. The highest BCUT2D eigenvalue weighted by atomic mass is 16.2. The van der Waals surface area contributed by atoms with Crippen molar-refractivity contribution in [3.63, 3.8) is 0 Å². The predicted molar refractivity (Wildman–Crippen MR) is 101 cm³/mol. The van der Waals surface area contributed by atoms with Gasteiger partial charge >= 0.3 is 0 Å². The minimum atomic E-state index is -0.0451. The smallest absolute Gasteiger partial charge is 0.223 e. The number of nitrogens with zero attached hydrogens (tertiary/aromatic N) is 2. The number of carbonyl (C=O) groups is 2. The number of rotatable bonds is 4. The Morgan fingerprint density at radius 2 is 1.81 bits per heavy atom. The molecule has 1 aliphatic heterocycles. The van der Waals surface area contributed by atoms with Crippen LogP contribution < -0.4 is 5.32 Å². The van der Waals surface area contributed by atoms with E-state index in [-0.39, 0.29) is 23.8 Å². The molecule has 0 spiro atoms. The highest BCUT2D eigenvalue weighted by Gasteiger charge is 2.26. The van der Waals surface area contributed by atoms with Crippen LogP contribution in [-0.4, -0.2) is 34.8 Å². The van der Waals surface area contributed by atoms with E-state index in [1.807, 2.05) is 42.3 Å². The van der Waals surface area contributed by atoms with Crippen molar-refractivity contribution in [1.29, 1.82) is 0 Å². The SMILES string of the molecule is CC(=O)N1CCC(C(=O)NC(C)c2ccc(-c3cccnc3)cc2)CC1. The second-order valence-corrected chi connectivity index (χ2v) is 6.87. The van der Waals surface area contributed by atoms with Gasteiger partial charge in [0, 0.05) is 38.3 Å². The summed E-state index contributed by atoms with van der Waals surface area (Å²) in [6, 6.07) is 12.1. The quantitative estimate of drug-likeness (QED) is 0.920. The summed E-state index contributed by atoms with van der Waals surface area (Å²) >= 11 is 0. The van der Waals surface area contributed by atoms with Gasteiger partial charge in [-0.3, -0.25) is 14.6 Å². The van der Waals surface area contributed by atoms with Gasteiger partial charge in [0.15, 0.2) is 0 Å². The number of carbonyl (C=O) groups excluding carboxylic acids is 2. The molecule has 0 bridgehead atoms. The summed E-state index contributed by atoms with van der Waals surface area (Å²) in [7, 11) is 0. The van der Waals surface area contributed by atoms with Gasteiger partial charge in [0.1, 0.15) is 0 Å². The van der Waals surface area contributed by atoms with Crippen LogP contribution in [0.1, 0.15) is 38.3 Å². The zero-order chi connectivity index (χ0) is 18.5. The van der Waals surface area contributed by atoms with Gasteiger partial charge in [-0.15, -0.1) is 0 Å². The summed E-state index contributed by atoms with van der Waals surface area (Å²) < 4.78 is 0. The maximum atomic E-state index is 12.5. The lowest BCUT2D eigenvalue weighted by atomic mass is 9.95. The average Bonchev–Trinajstić information content (AvgIpc) is 2.68. The van der Waals surface area contributed by atoms with Crippen LogP contribution in [0.5, 0.6) is 0 Å². The van der Waals surface area contributed by atoms with Crippen molar-refractivity contribution < 1.29 is 9.59 Å². The maximum absolute atomic E-state index is 12.5. The third kappa shape index (κ3) is 4.28. The van der Waals surface area contributed by atoms with Crippen molar-refractivity contribution in [2.75, 3.05) is 13.1 Å². The number of benzene rings is 1. The van der Waals surface area contributed by atoms with Gasteiger partial charge < -0.3 is 10.2 Å². The number of piperidine rings is 1. The second kappa shape index (κ2) is 8.13. The number of aromatic nitrogens is 1. The molecule has 0 saturated carbocycles. The van der Waals surface area contributed by atoms with E-state index < -0.39 is 0 Å². The highest BCUT2D eigenvalue weighted by molar-refractivity contribution is 5.80. The standard InChI is InChI=1S/C21H25N3O2/c1-15(23-21(26)19-9-12-24(13-10-19)16(2)25)17-5-7-18(8-6-17)20-4-3-11-22-14-20/h3-8,11,14-15,19H,9-10,12-13H2,1-2H3,(H,23,26). The van der Waals surface area contributed by atoms with E-state index in [2.05, 4.69) is 22.4 Å². The molecule has 1 N–H and O–H groups in total. The molecule has 26 heavy (non-hydrogen) atoms. The van der Waals surface area contributed by atoms with Crippen molar-refractivity contribution in [3.05, 3.63) is 54.4 Å². The van der Waals surface area contributed by atoms with Crippen molar-refractivity contribution in [3.8, 4) is 11.1 Å². The molecule has 5 heteroatoms. The fourth-order valence-corrected chi connectivity index (χ4v) is 3.37. The molecule has 1 unspecified atom stereocenters. The van der Waals surface area contributed by atoms with Crippen LogP contribution in [-0.2, 0) is 9.59 Å². The molecule has 1 aromatic carbocycles. The lowest BCUT2D eigenvalue weighted by molar-refractivity contribution is -0.134. The predicted octanol–water partition coefficient (Wildman–Crippen LogP) is 3.18.